The van der Waals surface area contributed by atoms with Gasteiger partial charge in [-0.15, -0.1) is 0 Å². The van der Waals surface area contributed by atoms with Crippen molar-refractivity contribution in [2.45, 2.75) is 58.6 Å². The Kier molecular flexibility index (Phi) is 5.05. The molecule has 1 saturated heterocycles. The van der Waals surface area contributed by atoms with Gasteiger partial charge in [0.15, 0.2) is 0 Å². The average molecular weight is 255 g/mol. The van der Waals surface area contributed by atoms with E-state index in [1.54, 1.807) is 0 Å². The molecule has 18 heavy (non-hydrogen) atoms. The van der Waals surface area contributed by atoms with E-state index in [0.717, 1.165) is 32.3 Å². The van der Waals surface area contributed by atoms with Crippen molar-refractivity contribution in [1.29, 1.82) is 0 Å². The molecule has 0 aromatic rings. The predicted octanol–water partition coefficient (Wildman–Crippen LogP) is 2.60. The van der Waals surface area contributed by atoms with Crippen LogP contribution in [0.2, 0.25) is 0 Å². The second-order valence-corrected chi connectivity index (χ2v) is 6.06. The molecule has 0 radical (unpaired) electrons. The number of rotatable bonds is 6. The van der Waals surface area contributed by atoms with Crippen molar-refractivity contribution >= 4 is 0 Å². The summed E-state index contributed by atoms with van der Waals surface area (Å²) in [6.45, 7) is 10.6. The lowest BCUT2D eigenvalue weighted by atomic mass is 9.61. The minimum Gasteiger partial charge on any atom is -0.381 e. The molecule has 0 spiro atoms. The van der Waals surface area contributed by atoms with Gasteiger partial charge >= 0.3 is 0 Å². The summed E-state index contributed by atoms with van der Waals surface area (Å²) in [5.41, 5.74) is 0.335. The fraction of sp³-hybridized carbons (Fsp3) is 1.00. The van der Waals surface area contributed by atoms with E-state index in [2.05, 4.69) is 26.1 Å². The molecule has 3 heteroatoms. The lowest BCUT2D eigenvalue weighted by Gasteiger charge is -2.54. The summed E-state index contributed by atoms with van der Waals surface area (Å²) in [7, 11) is 0. The van der Waals surface area contributed by atoms with Gasteiger partial charge in [-0.25, -0.2) is 0 Å². The Hall–Kier alpha value is -0.120. The molecule has 0 bridgehead atoms. The maximum atomic E-state index is 5.85. The summed E-state index contributed by atoms with van der Waals surface area (Å²) >= 11 is 0. The standard InChI is InChI=1S/C15H29NO2/c1-4-15(3)13(10-14(15)18-5-2)16-11-12-6-8-17-9-7-12/h12-14,16H,4-11H2,1-3H3. The zero-order chi connectivity index (χ0) is 13.0. The average Bonchev–Trinajstić information content (AvgIpc) is 2.42. The molecular formula is C15H29NO2. The van der Waals surface area contributed by atoms with Crippen LogP contribution in [-0.2, 0) is 9.47 Å². The van der Waals surface area contributed by atoms with Gasteiger partial charge in [-0.3, -0.25) is 0 Å². The first-order chi connectivity index (χ1) is 8.70. The van der Waals surface area contributed by atoms with Crippen molar-refractivity contribution in [2.75, 3.05) is 26.4 Å². The second kappa shape index (κ2) is 6.36. The van der Waals surface area contributed by atoms with Crippen molar-refractivity contribution in [3.8, 4) is 0 Å². The van der Waals surface area contributed by atoms with Crippen LogP contribution in [-0.4, -0.2) is 38.5 Å². The van der Waals surface area contributed by atoms with Crippen molar-refractivity contribution in [3.05, 3.63) is 0 Å². The van der Waals surface area contributed by atoms with Gasteiger partial charge in [0, 0.05) is 31.3 Å². The van der Waals surface area contributed by atoms with Gasteiger partial charge in [0.25, 0.3) is 0 Å². The van der Waals surface area contributed by atoms with Crippen LogP contribution in [0.25, 0.3) is 0 Å². The van der Waals surface area contributed by atoms with Crippen molar-refractivity contribution in [1.82, 2.24) is 5.32 Å². The van der Waals surface area contributed by atoms with Crippen LogP contribution < -0.4 is 5.32 Å². The second-order valence-electron chi connectivity index (χ2n) is 6.06. The first-order valence-electron chi connectivity index (χ1n) is 7.63. The number of hydrogen-bond donors (Lipinski definition) is 1. The lowest BCUT2D eigenvalue weighted by Crippen LogP contribution is -2.62. The van der Waals surface area contributed by atoms with Gasteiger partial charge in [-0.2, -0.15) is 0 Å². The molecule has 3 unspecified atom stereocenters. The van der Waals surface area contributed by atoms with Crippen LogP contribution in [0.1, 0.15) is 46.5 Å². The lowest BCUT2D eigenvalue weighted by molar-refractivity contribution is -0.126. The Morgan fingerprint density at radius 2 is 2.00 bits per heavy atom. The SMILES string of the molecule is CCOC1CC(NCC2CCOCC2)C1(C)CC. The number of nitrogens with one attached hydrogen (secondary N) is 1. The Morgan fingerprint density at radius 3 is 2.61 bits per heavy atom. The third-order valence-corrected chi connectivity index (χ3v) is 5.10. The molecule has 3 nitrogen and oxygen atoms in total. The molecule has 2 rings (SSSR count). The molecule has 106 valence electrons. The van der Waals surface area contributed by atoms with Gasteiger partial charge in [0.1, 0.15) is 0 Å². The maximum absolute atomic E-state index is 5.85. The fourth-order valence-corrected chi connectivity index (χ4v) is 3.33. The zero-order valence-corrected chi connectivity index (χ0v) is 12.2. The van der Waals surface area contributed by atoms with E-state index in [1.165, 1.54) is 25.7 Å². The largest absolute Gasteiger partial charge is 0.381 e. The first kappa shape index (κ1) is 14.3. The molecule has 1 N–H and O–H groups in total. The Bertz CT molecular complexity index is 253. The Morgan fingerprint density at radius 1 is 1.28 bits per heavy atom. The van der Waals surface area contributed by atoms with E-state index >= 15 is 0 Å². The summed E-state index contributed by atoms with van der Waals surface area (Å²) in [5, 5.41) is 3.78. The van der Waals surface area contributed by atoms with Crippen molar-refractivity contribution in [2.24, 2.45) is 11.3 Å². The molecule has 3 atom stereocenters. The van der Waals surface area contributed by atoms with E-state index in [9.17, 15) is 0 Å². The fourth-order valence-electron chi connectivity index (χ4n) is 3.33. The van der Waals surface area contributed by atoms with Crippen molar-refractivity contribution in [3.63, 3.8) is 0 Å². The monoisotopic (exact) mass is 255 g/mol. The number of ether oxygens (including phenoxy) is 2. The number of hydrogen-bond acceptors (Lipinski definition) is 3. The van der Waals surface area contributed by atoms with E-state index in [0.29, 0.717) is 17.6 Å². The van der Waals surface area contributed by atoms with Crippen LogP contribution in [0.5, 0.6) is 0 Å². The Balaban J connectivity index is 1.76. The van der Waals surface area contributed by atoms with E-state index < -0.39 is 0 Å². The molecule has 0 aromatic carbocycles. The summed E-state index contributed by atoms with van der Waals surface area (Å²) in [6, 6.07) is 0.641. The highest BCUT2D eigenvalue weighted by molar-refractivity contribution is 5.04. The highest BCUT2D eigenvalue weighted by Gasteiger charge is 2.50. The zero-order valence-electron chi connectivity index (χ0n) is 12.2. The molecule has 2 fully saturated rings. The molecule has 1 saturated carbocycles. The third-order valence-electron chi connectivity index (χ3n) is 5.10. The molecule has 1 aliphatic carbocycles. The van der Waals surface area contributed by atoms with E-state index in [1.807, 2.05) is 0 Å². The Labute approximate surface area is 112 Å². The highest BCUT2D eigenvalue weighted by Crippen LogP contribution is 2.45. The van der Waals surface area contributed by atoms with Crippen LogP contribution in [0.4, 0.5) is 0 Å². The van der Waals surface area contributed by atoms with Crippen LogP contribution in [0.15, 0.2) is 0 Å². The summed E-state index contributed by atoms with van der Waals surface area (Å²) in [4.78, 5) is 0. The summed E-state index contributed by atoms with van der Waals surface area (Å²) in [6.07, 6.45) is 5.28. The molecule has 1 aliphatic heterocycles. The summed E-state index contributed by atoms with van der Waals surface area (Å²) < 4.78 is 11.3. The highest BCUT2D eigenvalue weighted by atomic mass is 16.5. The first-order valence-corrected chi connectivity index (χ1v) is 7.63. The smallest absolute Gasteiger partial charge is 0.0658 e. The molecule has 1 heterocycles. The normalized spacial score (nSPS) is 37.5. The van der Waals surface area contributed by atoms with E-state index in [-0.39, 0.29) is 0 Å². The van der Waals surface area contributed by atoms with Crippen LogP contribution >= 0.6 is 0 Å². The van der Waals surface area contributed by atoms with Gasteiger partial charge in [0.05, 0.1) is 6.10 Å². The van der Waals surface area contributed by atoms with E-state index in [4.69, 9.17) is 9.47 Å². The van der Waals surface area contributed by atoms with Gasteiger partial charge < -0.3 is 14.8 Å². The molecule has 0 aromatic heterocycles. The van der Waals surface area contributed by atoms with Crippen molar-refractivity contribution < 1.29 is 9.47 Å². The minimum absolute atomic E-state index is 0.335. The quantitative estimate of drug-likeness (QED) is 0.791. The minimum atomic E-state index is 0.335. The molecule has 0 amide bonds. The predicted molar refractivity (Wildman–Crippen MR) is 73.8 cm³/mol. The maximum Gasteiger partial charge on any atom is 0.0658 e. The third kappa shape index (κ3) is 2.89. The summed E-state index contributed by atoms with van der Waals surface area (Å²) in [5.74, 6) is 0.811. The van der Waals surface area contributed by atoms with Crippen LogP contribution in [0, 0.1) is 11.3 Å². The van der Waals surface area contributed by atoms with Gasteiger partial charge in [-0.05, 0) is 45.1 Å². The van der Waals surface area contributed by atoms with Gasteiger partial charge in [-0.1, -0.05) is 13.8 Å². The topological polar surface area (TPSA) is 30.5 Å². The van der Waals surface area contributed by atoms with Gasteiger partial charge in [0.2, 0.25) is 0 Å². The van der Waals surface area contributed by atoms with Crippen LogP contribution in [0.3, 0.4) is 0 Å². The molecular weight excluding hydrogens is 226 g/mol. The molecule has 2 aliphatic rings.